The van der Waals surface area contributed by atoms with E-state index in [1.807, 2.05) is 0 Å². The van der Waals surface area contributed by atoms with Crippen LogP contribution in [0.5, 0.6) is 11.5 Å². The Morgan fingerprint density at radius 3 is 1.84 bits per heavy atom. The van der Waals surface area contributed by atoms with Gasteiger partial charge >= 0.3 is 0 Å². The first kappa shape index (κ1) is 25.1. The molecule has 3 heteroatoms. The van der Waals surface area contributed by atoms with Crippen LogP contribution < -0.4 is 15.4 Å². The summed E-state index contributed by atoms with van der Waals surface area (Å²) in [6.07, 6.45) is 2.16. The van der Waals surface area contributed by atoms with Crippen molar-refractivity contribution in [2.75, 3.05) is 0 Å². The quantitative estimate of drug-likeness (QED) is 0.224. The van der Waals surface area contributed by atoms with Crippen molar-refractivity contribution in [2.24, 2.45) is 0 Å². The minimum absolute atomic E-state index is 0.0301. The van der Waals surface area contributed by atoms with Crippen molar-refractivity contribution in [3.63, 3.8) is 0 Å². The second-order valence-electron chi connectivity index (χ2n) is 11.7. The van der Waals surface area contributed by atoms with E-state index in [9.17, 15) is 0 Å². The van der Waals surface area contributed by atoms with Crippen molar-refractivity contribution in [3.8, 4) is 22.6 Å². The smallest absolute Gasteiger partial charge is 0.132 e. The highest BCUT2D eigenvalue weighted by Crippen LogP contribution is 2.63. The van der Waals surface area contributed by atoms with Gasteiger partial charge in [0.25, 0.3) is 0 Å². The highest BCUT2D eigenvalue weighted by Gasteiger charge is 2.52. The van der Waals surface area contributed by atoms with Gasteiger partial charge in [-0.25, -0.2) is 0 Å². The lowest BCUT2D eigenvalue weighted by Crippen LogP contribution is -2.42. The first-order valence-corrected chi connectivity index (χ1v) is 15.3. The summed E-state index contributed by atoms with van der Waals surface area (Å²) in [5, 5.41) is 7.92. The van der Waals surface area contributed by atoms with Gasteiger partial charge in [-0.15, -0.1) is 0 Å². The van der Waals surface area contributed by atoms with Gasteiger partial charge in [-0.1, -0.05) is 140 Å². The standard InChI is InChI=1S/C41H30N2O/c1-3-14-27(15-4-1)35-26-36(28-16-5-2-6-17-28)43-40(42-35)31-20-13-19-30-29-18-7-8-21-32(29)41(39(30)31)33-22-9-11-24-37(33)44-38-25-12-10-23-34(38)41/h1-26,35,40,42-43H. The van der Waals surface area contributed by atoms with Gasteiger partial charge < -0.3 is 10.1 Å². The van der Waals surface area contributed by atoms with Gasteiger partial charge in [0.15, 0.2) is 0 Å². The largest absolute Gasteiger partial charge is 0.457 e. The summed E-state index contributed by atoms with van der Waals surface area (Å²) >= 11 is 0. The van der Waals surface area contributed by atoms with E-state index in [1.54, 1.807) is 0 Å². The molecule has 0 amide bonds. The first-order valence-electron chi connectivity index (χ1n) is 15.3. The number of rotatable bonds is 3. The van der Waals surface area contributed by atoms with Gasteiger partial charge in [0, 0.05) is 16.8 Å². The van der Waals surface area contributed by atoms with Gasteiger partial charge in [-0.3, -0.25) is 5.32 Å². The molecule has 3 aliphatic rings. The Morgan fingerprint density at radius 2 is 1.11 bits per heavy atom. The minimum Gasteiger partial charge on any atom is -0.457 e. The molecule has 0 fully saturated rings. The number of ether oxygens (including phenoxy) is 1. The van der Waals surface area contributed by atoms with Crippen molar-refractivity contribution in [1.29, 1.82) is 0 Å². The van der Waals surface area contributed by atoms with Crippen LogP contribution in [-0.4, -0.2) is 0 Å². The molecule has 0 saturated heterocycles. The molecule has 3 nitrogen and oxygen atoms in total. The average Bonchev–Trinajstić information content (AvgIpc) is 3.40. The molecule has 1 spiro atoms. The Bertz CT molecular complexity index is 2020. The number of hydrogen-bond donors (Lipinski definition) is 2. The summed E-state index contributed by atoms with van der Waals surface area (Å²) in [5.41, 5.74) is 11.7. The summed E-state index contributed by atoms with van der Waals surface area (Å²) in [6.45, 7) is 0. The predicted octanol–water partition coefficient (Wildman–Crippen LogP) is 9.13. The van der Waals surface area contributed by atoms with Crippen molar-refractivity contribution in [1.82, 2.24) is 10.6 Å². The summed E-state index contributed by atoms with van der Waals surface area (Å²) in [4.78, 5) is 0. The molecule has 2 unspecified atom stereocenters. The van der Waals surface area contributed by atoms with Crippen LogP contribution >= 0.6 is 0 Å². The third-order valence-electron chi connectivity index (χ3n) is 9.43. The van der Waals surface area contributed by atoms with Crippen LogP contribution in [0.3, 0.4) is 0 Å². The van der Waals surface area contributed by atoms with Crippen LogP contribution in [-0.2, 0) is 5.41 Å². The molecule has 2 N–H and O–H groups in total. The zero-order valence-corrected chi connectivity index (χ0v) is 24.1. The van der Waals surface area contributed by atoms with Crippen LogP contribution in [0.4, 0.5) is 0 Å². The number of para-hydroxylation sites is 2. The molecule has 0 aromatic heterocycles. The maximum absolute atomic E-state index is 6.59. The molecule has 1 aliphatic carbocycles. The van der Waals surface area contributed by atoms with E-state index in [0.717, 1.165) is 17.2 Å². The molecule has 2 aliphatic heterocycles. The zero-order chi connectivity index (χ0) is 29.1. The van der Waals surface area contributed by atoms with Gasteiger partial charge in [-0.05, 0) is 57.2 Å². The molecule has 44 heavy (non-hydrogen) atoms. The second kappa shape index (κ2) is 9.84. The highest BCUT2D eigenvalue weighted by atomic mass is 16.5. The van der Waals surface area contributed by atoms with Crippen molar-refractivity contribution >= 4 is 5.70 Å². The zero-order valence-electron chi connectivity index (χ0n) is 24.1. The number of fused-ring (bicyclic) bond motifs is 9. The van der Waals surface area contributed by atoms with E-state index in [1.165, 1.54) is 50.1 Å². The fraction of sp³-hybridized carbons (Fsp3) is 0.0732. The van der Waals surface area contributed by atoms with Crippen LogP contribution in [0.15, 0.2) is 158 Å². The normalized spacial score (nSPS) is 18.6. The molecular formula is C41H30N2O. The molecule has 210 valence electrons. The van der Waals surface area contributed by atoms with Crippen molar-refractivity contribution in [2.45, 2.75) is 17.6 Å². The van der Waals surface area contributed by atoms with Crippen molar-refractivity contribution in [3.05, 3.63) is 197 Å². The number of hydrogen-bond acceptors (Lipinski definition) is 3. The Labute approximate surface area is 257 Å². The van der Waals surface area contributed by atoms with Crippen LogP contribution in [0.1, 0.15) is 51.2 Å². The Hall–Kier alpha value is -5.38. The Kier molecular flexibility index (Phi) is 5.62. The molecule has 6 aromatic rings. The van der Waals surface area contributed by atoms with Gasteiger partial charge in [0.05, 0.1) is 11.5 Å². The first-order chi connectivity index (χ1) is 21.8. The summed E-state index contributed by atoms with van der Waals surface area (Å²) in [6, 6.07) is 54.2. The van der Waals surface area contributed by atoms with E-state index >= 15 is 0 Å². The Morgan fingerprint density at radius 1 is 0.523 bits per heavy atom. The third kappa shape index (κ3) is 3.60. The topological polar surface area (TPSA) is 33.3 Å². The van der Waals surface area contributed by atoms with E-state index in [-0.39, 0.29) is 12.2 Å². The minimum atomic E-state index is -0.534. The highest BCUT2D eigenvalue weighted by molar-refractivity contribution is 5.89. The molecule has 6 aromatic carbocycles. The lowest BCUT2D eigenvalue weighted by atomic mass is 9.65. The molecule has 2 atom stereocenters. The van der Waals surface area contributed by atoms with E-state index in [0.29, 0.717) is 0 Å². The summed E-state index contributed by atoms with van der Waals surface area (Å²) in [7, 11) is 0. The number of benzene rings is 6. The van der Waals surface area contributed by atoms with Crippen LogP contribution in [0.25, 0.3) is 16.8 Å². The molecular weight excluding hydrogens is 536 g/mol. The van der Waals surface area contributed by atoms with Gasteiger partial charge in [0.1, 0.15) is 17.7 Å². The van der Waals surface area contributed by atoms with E-state index in [4.69, 9.17) is 4.74 Å². The SMILES string of the molecule is C1=C(c2ccccc2)NC(c2cccc3c2C2(c4ccccc4Oc4ccccc42)c2ccccc2-3)NC1c1ccccc1. The second-order valence-corrected chi connectivity index (χ2v) is 11.7. The molecule has 2 heterocycles. The third-order valence-corrected chi connectivity index (χ3v) is 9.43. The van der Waals surface area contributed by atoms with E-state index < -0.39 is 5.41 Å². The molecule has 9 rings (SSSR count). The lowest BCUT2D eigenvalue weighted by Gasteiger charge is -2.42. The predicted molar refractivity (Wildman–Crippen MR) is 176 cm³/mol. The van der Waals surface area contributed by atoms with Gasteiger partial charge in [-0.2, -0.15) is 0 Å². The molecule has 0 bridgehead atoms. The van der Waals surface area contributed by atoms with Crippen LogP contribution in [0, 0.1) is 0 Å². The maximum Gasteiger partial charge on any atom is 0.132 e. The average molecular weight is 567 g/mol. The molecule has 0 radical (unpaired) electrons. The van der Waals surface area contributed by atoms with E-state index in [2.05, 4.69) is 168 Å². The van der Waals surface area contributed by atoms with Gasteiger partial charge in [0.2, 0.25) is 0 Å². The summed E-state index contributed by atoms with van der Waals surface area (Å²) < 4.78 is 6.59. The Balaban J connectivity index is 1.32. The fourth-order valence-electron chi connectivity index (χ4n) is 7.64. The molecule has 0 saturated carbocycles. The lowest BCUT2D eigenvalue weighted by molar-refractivity contribution is 0.423. The van der Waals surface area contributed by atoms with Crippen LogP contribution in [0.2, 0.25) is 0 Å². The summed E-state index contributed by atoms with van der Waals surface area (Å²) in [5.74, 6) is 1.81. The van der Waals surface area contributed by atoms with Crippen molar-refractivity contribution < 1.29 is 4.74 Å². The monoisotopic (exact) mass is 566 g/mol. The maximum atomic E-state index is 6.59. The number of nitrogens with one attached hydrogen (secondary N) is 2. The fourth-order valence-corrected chi connectivity index (χ4v) is 7.64.